The molecule has 2 amide bonds. The van der Waals surface area contributed by atoms with Crippen LogP contribution in [0.25, 0.3) is 0 Å². The highest BCUT2D eigenvalue weighted by atomic mass is 16.5. The summed E-state index contributed by atoms with van der Waals surface area (Å²) in [6.45, 7) is 1.79. The SMILES string of the molecule is O=C(NC1CCC1)[C@@H]1CN(C(=O)CCc2cncnc2)C[C@H]2OCC[C@H]21. The number of ether oxygens (including phenoxy) is 1. The fraction of sp³-hybridized carbons (Fsp3) is 0.684. The molecular formula is C19H26N4O3. The predicted octanol–water partition coefficient (Wildman–Crippen LogP) is 0.941. The molecule has 140 valence electrons. The van der Waals surface area contributed by atoms with Gasteiger partial charge in [-0.2, -0.15) is 0 Å². The van der Waals surface area contributed by atoms with Crippen molar-refractivity contribution >= 4 is 11.8 Å². The lowest BCUT2D eigenvalue weighted by molar-refractivity contribution is -0.142. The van der Waals surface area contributed by atoms with Gasteiger partial charge in [0.1, 0.15) is 6.33 Å². The molecule has 0 unspecified atom stereocenters. The summed E-state index contributed by atoms with van der Waals surface area (Å²) in [5, 5.41) is 3.17. The number of aromatic nitrogens is 2. The molecule has 7 heteroatoms. The summed E-state index contributed by atoms with van der Waals surface area (Å²) in [7, 11) is 0. The second-order valence-electron chi connectivity index (χ2n) is 7.65. The zero-order valence-electron chi connectivity index (χ0n) is 15.0. The highest BCUT2D eigenvalue weighted by Gasteiger charge is 2.45. The van der Waals surface area contributed by atoms with Crippen molar-refractivity contribution < 1.29 is 14.3 Å². The third-order valence-corrected chi connectivity index (χ3v) is 5.98. The van der Waals surface area contributed by atoms with Crippen molar-refractivity contribution in [3.63, 3.8) is 0 Å². The standard InChI is InChI=1S/C19H26N4O3/c24-18(5-4-13-8-20-12-21-9-13)23-10-16(15-6-7-26-17(15)11-23)19(25)22-14-2-1-3-14/h8-9,12,14-17H,1-7,10-11H2,(H,22,25)/t15-,16+,17+/m0/s1. The van der Waals surface area contributed by atoms with Crippen molar-refractivity contribution in [1.29, 1.82) is 0 Å². The van der Waals surface area contributed by atoms with Crippen LogP contribution in [0.1, 0.15) is 37.7 Å². The Morgan fingerprint density at radius 1 is 1.19 bits per heavy atom. The van der Waals surface area contributed by atoms with Gasteiger partial charge in [0, 0.05) is 50.5 Å². The van der Waals surface area contributed by atoms with E-state index in [4.69, 9.17) is 4.74 Å². The molecule has 3 aliphatic rings. The molecule has 1 aromatic heterocycles. The molecule has 7 nitrogen and oxygen atoms in total. The van der Waals surface area contributed by atoms with E-state index >= 15 is 0 Å². The molecule has 0 radical (unpaired) electrons. The molecule has 0 bridgehead atoms. The lowest BCUT2D eigenvalue weighted by Gasteiger charge is -2.40. The molecule has 1 aromatic rings. The van der Waals surface area contributed by atoms with Crippen LogP contribution >= 0.6 is 0 Å². The highest BCUT2D eigenvalue weighted by molar-refractivity contribution is 5.82. The van der Waals surface area contributed by atoms with Gasteiger partial charge in [-0.05, 0) is 37.7 Å². The lowest BCUT2D eigenvalue weighted by Crippen LogP contribution is -2.56. The molecule has 1 N–H and O–H groups in total. The number of fused-ring (bicyclic) bond motifs is 1. The minimum Gasteiger partial charge on any atom is -0.376 e. The van der Waals surface area contributed by atoms with Crippen LogP contribution in [0.4, 0.5) is 0 Å². The quantitative estimate of drug-likeness (QED) is 0.847. The number of carbonyl (C=O) groups excluding carboxylic acids is 2. The van der Waals surface area contributed by atoms with Crippen molar-refractivity contribution in [2.75, 3.05) is 19.7 Å². The first kappa shape index (κ1) is 17.4. The van der Waals surface area contributed by atoms with Crippen molar-refractivity contribution in [3.05, 3.63) is 24.3 Å². The number of amides is 2. The third kappa shape index (κ3) is 3.72. The Morgan fingerprint density at radius 2 is 2.00 bits per heavy atom. The smallest absolute Gasteiger partial charge is 0.225 e. The number of aryl methyl sites for hydroxylation is 1. The maximum Gasteiger partial charge on any atom is 0.225 e. The Morgan fingerprint density at radius 3 is 2.73 bits per heavy atom. The average molecular weight is 358 g/mol. The summed E-state index contributed by atoms with van der Waals surface area (Å²) < 4.78 is 5.83. The zero-order chi connectivity index (χ0) is 17.9. The maximum atomic E-state index is 12.8. The highest BCUT2D eigenvalue weighted by Crippen LogP contribution is 2.34. The fourth-order valence-electron chi connectivity index (χ4n) is 4.19. The van der Waals surface area contributed by atoms with E-state index < -0.39 is 0 Å². The van der Waals surface area contributed by atoms with Crippen LogP contribution in [0.2, 0.25) is 0 Å². The molecule has 1 aliphatic carbocycles. The zero-order valence-corrected chi connectivity index (χ0v) is 15.0. The number of piperidine rings is 1. The van der Waals surface area contributed by atoms with E-state index in [1.165, 1.54) is 12.7 Å². The van der Waals surface area contributed by atoms with Crippen LogP contribution in [0.5, 0.6) is 0 Å². The summed E-state index contributed by atoms with van der Waals surface area (Å²) in [4.78, 5) is 35.3. The molecule has 3 fully saturated rings. The van der Waals surface area contributed by atoms with Gasteiger partial charge in [-0.3, -0.25) is 9.59 Å². The second-order valence-corrected chi connectivity index (χ2v) is 7.65. The number of likely N-dealkylation sites (tertiary alicyclic amines) is 1. The van der Waals surface area contributed by atoms with Crippen molar-refractivity contribution in [2.24, 2.45) is 11.8 Å². The molecule has 3 heterocycles. The molecule has 0 spiro atoms. The average Bonchev–Trinajstić information content (AvgIpc) is 3.11. The molecule has 2 saturated heterocycles. The molecule has 3 atom stereocenters. The maximum absolute atomic E-state index is 12.8. The van der Waals surface area contributed by atoms with Crippen molar-refractivity contribution in [1.82, 2.24) is 20.2 Å². The van der Waals surface area contributed by atoms with Gasteiger partial charge in [0.15, 0.2) is 0 Å². The largest absolute Gasteiger partial charge is 0.376 e. The number of nitrogens with one attached hydrogen (secondary N) is 1. The number of hydrogen-bond acceptors (Lipinski definition) is 5. The summed E-state index contributed by atoms with van der Waals surface area (Å²) in [5.74, 6) is 0.260. The van der Waals surface area contributed by atoms with Crippen LogP contribution in [0, 0.1) is 11.8 Å². The summed E-state index contributed by atoms with van der Waals surface area (Å²) in [6, 6.07) is 0.326. The molecule has 26 heavy (non-hydrogen) atoms. The van der Waals surface area contributed by atoms with Crippen LogP contribution in [0.15, 0.2) is 18.7 Å². The Hall–Kier alpha value is -2.02. The van der Waals surface area contributed by atoms with E-state index in [1.54, 1.807) is 12.4 Å². The summed E-state index contributed by atoms with van der Waals surface area (Å²) >= 11 is 0. The molecule has 4 rings (SSSR count). The van der Waals surface area contributed by atoms with Crippen LogP contribution in [-0.2, 0) is 20.7 Å². The first-order valence-corrected chi connectivity index (χ1v) is 9.64. The van der Waals surface area contributed by atoms with Gasteiger partial charge in [-0.15, -0.1) is 0 Å². The molecular weight excluding hydrogens is 332 g/mol. The van der Waals surface area contributed by atoms with Crippen molar-refractivity contribution in [2.45, 2.75) is 50.7 Å². The molecule has 1 saturated carbocycles. The lowest BCUT2D eigenvalue weighted by atomic mass is 9.81. The van der Waals surface area contributed by atoms with Crippen LogP contribution in [0.3, 0.4) is 0 Å². The Labute approximate surface area is 153 Å². The van der Waals surface area contributed by atoms with Gasteiger partial charge in [-0.1, -0.05) is 0 Å². The fourth-order valence-corrected chi connectivity index (χ4v) is 4.19. The van der Waals surface area contributed by atoms with E-state index in [0.717, 1.165) is 24.8 Å². The summed E-state index contributed by atoms with van der Waals surface area (Å²) in [5.41, 5.74) is 0.951. The van der Waals surface area contributed by atoms with Gasteiger partial charge < -0.3 is 15.0 Å². The number of nitrogens with zero attached hydrogens (tertiary/aromatic N) is 3. The first-order valence-electron chi connectivity index (χ1n) is 9.64. The normalized spacial score (nSPS) is 28.3. The topological polar surface area (TPSA) is 84.4 Å². The second kappa shape index (κ2) is 7.70. The Balaban J connectivity index is 1.38. The van der Waals surface area contributed by atoms with Gasteiger partial charge >= 0.3 is 0 Å². The molecule has 0 aromatic carbocycles. The summed E-state index contributed by atoms with van der Waals surface area (Å²) in [6.07, 6.45) is 10.2. The number of hydrogen-bond donors (Lipinski definition) is 1. The van der Waals surface area contributed by atoms with E-state index in [9.17, 15) is 9.59 Å². The van der Waals surface area contributed by atoms with Crippen LogP contribution in [-0.4, -0.2) is 58.5 Å². The van der Waals surface area contributed by atoms with Gasteiger partial charge in [-0.25, -0.2) is 9.97 Å². The Bertz CT molecular complexity index is 649. The van der Waals surface area contributed by atoms with Gasteiger partial charge in [0.25, 0.3) is 0 Å². The minimum atomic E-state index is -0.152. The van der Waals surface area contributed by atoms with Crippen LogP contribution < -0.4 is 5.32 Å². The van der Waals surface area contributed by atoms with E-state index in [2.05, 4.69) is 15.3 Å². The van der Waals surface area contributed by atoms with Gasteiger partial charge in [0.05, 0.1) is 12.0 Å². The van der Waals surface area contributed by atoms with Gasteiger partial charge in [0.2, 0.25) is 11.8 Å². The van der Waals surface area contributed by atoms with Crippen molar-refractivity contribution in [3.8, 4) is 0 Å². The van der Waals surface area contributed by atoms with E-state index in [-0.39, 0.29) is 29.8 Å². The molecule has 2 aliphatic heterocycles. The van der Waals surface area contributed by atoms with E-state index in [1.807, 2.05) is 4.90 Å². The van der Waals surface area contributed by atoms with E-state index in [0.29, 0.717) is 38.6 Å². The third-order valence-electron chi connectivity index (χ3n) is 5.98. The number of carbonyl (C=O) groups is 2. The Kier molecular flexibility index (Phi) is 5.15. The minimum absolute atomic E-state index is 0.00935. The monoisotopic (exact) mass is 358 g/mol. The number of rotatable bonds is 5. The predicted molar refractivity (Wildman–Crippen MR) is 94.1 cm³/mol. The first-order chi connectivity index (χ1) is 12.7.